The number of imidazole rings is 1. The minimum absolute atomic E-state index is 0.0842. The number of carboxylic acids is 2. The van der Waals surface area contributed by atoms with E-state index in [2.05, 4.69) is 50.7 Å². The average Bonchev–Trinajstić information content (AvgIpc) is 3.82. The van der Waals surface area contributed by atoms with Gasteiger partial charge in [-0.3, -0.25) is 4.79 Å². The molecule has 354 valence electrons. The molecule has 4 aliphatic carbocycles. The Labute approximate surface area is 360 Å². The molecule has 5 N–H and O–H groups in total. The Morgan fingerprint density at radius 3 is 2.03 bits per heavy atom. The van der Waals surface area contributed by atoms with Crippen LogP contribution in [0.5, 0.6) is 0 Å². The number of alkyl halides is 6. The van der Waals surface area contributed by atoms with E-state index in [0.717, 1.165) is 86.1 Å². The number of H-pyrrole nitrogens is 1. The zero-order chi connectivity index (χ0) is 46.5. The van der Waals surface area contributed by atoms with E-state index in [0.29, 0.717) is 25.0 Å². The Morgan fingerprint density at radius 1 is 0.855 bits per heavy atom. The molecule has 0 radical (unpaired) electrons. The normalized spacial score (nSPS) is 27.6. The molecule has 0 aliphatic heterocycles. The van der Waals surface area contributed by atoms with Gasteiger partial charge in [-0.25, -0.2) is 19.4 Å². The first kappa shape index (κ1) is 52.5. The van der Waals surface area contributed by atoms with Crippen molar-refractivity contribution < 1.29 is 69.9 Å². The van der Waals surface area contributed by atoms with Crippen LogP contribution in [-0.4, -0.2) is 82.0 Å². The molecule has 4 aliphatic rings. The number of allylic oxidation sites excluding steroid dienone is 1. The molecule has 9 unspecified atom stereocenters. The summed E-state index contributed by atoms with van der Waals surface area (Å²) >= 11 is 0. The number of rotatable bonds is 16. The number of fused-ring (bicyclic) bond motifs is 5. The zero-order valence-corrected chi connectivity index (χ0v) is 36.6. The fraction of sp³-hybridized carbons (Fsp3) is 0.795. The maximum Gasteiger partial charge on any atom is 0.508 e. The van der Waals surface area contributed by atoms with Crippen molar-refractivity contribution in [3.05, 3.63) is 29.9 Å². The first-order valence-electron chi connectivity index (χ1n) is 21.9. The van der Waals surface area contributed by atoms with Crippen molar-refractivity contribution in [1.82, 2.24) is 9.97 Å². The van der Waals surface area contributed by atoms with Crippen LogP contribution in [0.2, 0.25) is 0 Å². The van der Waals surface area contributed by atoms with Crippen molar-refractivity contribution in [2.45, 2.75) is 162 Å². The monoisotopic (exact) mass is 895 g/mol. The Balaban J connectivity index is 0.000000629. The van der Waals surface area contributed by atoms with Crippen LogP contribution in [0.4, 0.5) is 31.1 Å². The summed E-state index contributed by atoms with van der Waals surface area (Å²) in [5, 5.41) is 14.2. The second-order valence-corrected chi connectivity index (χ2v) is 18.4. The number of halogens is 6. The first-order valence-corrected chi connectivity index (χ1v) is 21.9. The maximum atomic E-state index is 12.6. The third-order valence-corrected chi connectivity index (χ3v) is 13.8. The number of aliphatic carboxylic acids is 2. The molecule has 0 amide bonds. The van der Waals surface area contributed by atoms with Gasteiger partial charge in [-0.2, -0.15) is 26.3 Å². The van der Waals surface area contributed by atoms with E-state index in [1.54, 1.807) is 12.5 Å². The van der Waals surface area contributed by atoms with E-state index in [9.17, 15) is 35.9 Å². The molecule has 0 spiro atoms. The number of unbranched alkanes of at least 4 members (excludes halogenated alkanes) is 3. The molecule has 3 saturated carbocycles. The van der Waals surface area contributed by atoms with Gasteiger partial charge in [0, 0.05) is 24.7 Å². The van der Waals surface area contributed by atoms with Crippen LogP contribution in [0.3, 0.4) is 0 Å². The van der Waals surface area contributed by atoms with Crippen molar-refractivity contribution in [3.8, 4) is 0 Å². The molecule has 62 heavy (non-hydrogen) atoms. The van der Waals surface area contributed by atoms with Gasteiger partial charge in [0.15, 0.2) is 0 Å². The van der Waals surface area contributed by atoms with Gasteiger partial charge in [-0.1, -0.05) is 65.5 Å². The van der Waals surface area contributed by atoms with Crippen LogP contribution in [0, 0.1) is 46.3 Å². The van der Waals surface area contributed by atoms with Crippen molar-refractivity contribution in [1.29, 1.82) is 0 Å². The number of carbonyl (C=O) groups is 4. The highest BCUT2D eigenvalue weighted by Crippen LogP contribution is 2.67. The smallest absolute Gasteiger partial charge is 0.475 e. The molecule has 1 heterocycles. The molecule has 12 nitrogen and oxygen atoms in total. The highest BCUT2D eigenvalue weighted by atomic mass is 19.4. The summed E-state index contributed by atoms with van der Waals surface area (Å²) in [5.74, 6) is -0.938. The lowest BCUT2D eigenvalue weighted by atomic mass is 9.47. The molecule has 0 saturated heterocycles. The Morgan fingerprint density at radius 2 is 1.47 bits per heavy atom. The average molecular weight is 896 g/mol. The van der Waals surface area contributed by atoms with Crippen molar-refractivity contribution in [3.63, 3.8) is 0 Å². The minimum Gasteiger partial charge on any atom is -0.475 e. The lowest BCUT2D eigenvalue weighted by Gasteiger charge is -2.58. The fourth-order valence-electron chi connectivity index (χ4n) is 10.6. The summed E-state index contributed by atoms with van der Waals surface area (Å²) < 4.78 is 80.1. The Kier molecular flexibility index (Phi) is 19.7. The number of ether oxygens (including phenoxy) is 3. The van der Waals surface area contributed by atoms with Gasteiger partial charge in [-0.15, -0.1) is 0 Å². The molecule has 0 aromatic carbocycles. The number of esters is 1. The Hall–Kier alpha value is -3.83. The molecule has 1 aromatic rings. The topological polar surface area (TPSA) is 191 Å². The molecule has 18 heteroatoms. The SMILES string of the molecule is CC(C)CCCC(C)C1CCC2C3CC=C4CC(OC(=O)OCCCCCCOC(=O)C(N)Cc5cnc[nH]5)CCC4(C)C3CCC12C.O=C(O)C(F)(F)F.O=C(O)C(F)(F)F. The highest BCUT2D eigenvalue weighted by Gasteiger charge is 2.59. The van der Waals surface area contributed by atoms with Crippen molar-refractivity contribution in [2.24, 2.45) is 52.1 Å². The van der Waals surface area contributed by atoms with Crippen molar-refractivity contribution >= 4 is 24.1 Å². The number of hydrogen-bond donors (Lipinski definition) is 4. The van der Waals surface area contributed by atoms with E-state index in [4.69, 9.17) is 39.7 Å². The minimum atomic E-state index is -5.08. The summed E-state index contributed by atoms with van der Waals surface area (Å²) in [6.45, 7) is 13.2. The molecule has 9 atom stereocenters. The fourth-order valence-corrected chi connectivity index (χ4v) is 10.6. The second kappa shape index (κ2) is 23.2. The standard InChI is InChI=1S/C40H65N3O5.2C2HF3O2/c1-27(2)11-10-12-28(3)33-15-16-34-32-14-13-29-23-31(17-19-39(29,4)35(32)18-20-40(33,34)5)48-38(45)47-22-9-7-6-8-21-46-37(44)36(41)24-30-25-42-26-43-30;2*3-2(4,5)1(6)7/h13,25-28,31-36H,6-12,14-24,41H2,1-5H3,(H,42,43);2*(H,6,7). The number of nitrogens with two attached hydrogens (primary N) is 1. The predicted octanol–water partition coefficient (Wildman–Crippen LogP) is 10.2. The Bertz CT molecular complexity index is 1600. The molecular formula is C44H67F6N3O9. The van der Waals surface area contributed by atoms with Gasteiger partial charge >= 0.3 is 36.4 Å². The summed E-state index contributed by atoms with van der Waals surface area (Å²) in [4.78, 5) is 49.3. The molecular weight excluding hydrogens is 828 g/mol. The van der Waals surface area contributed by atoms with E-state index >= 15 is 0 Å². The quantitative estimate of drug-likeness (QED) is 0.0534. The van der Waals surface area contributed by atoms with Crippen molar-refractivity contribution in [2.75, 3.05) is 13.2 Å². The van der Waals surface area contributed by atoms with Gasteiger partial charge in [0.1, 0.15) is 12.1 Å². The number of hydrogen-bond acceptors (Lipinski definition) is 9. The number of aromatic nitrogens is 2. The largest absolute Gasteiger partial charge is 0.508 e. The number of nitrogens with zero attached hydrogens (tertiary/aromatic N) is 1. The molecule has 0 bridgehead atoms. The summed E-state index contributed by atoms with van der Waals surface area (Å²) in [7, 11) is 0. The van der Waals surface area contributed by atoms with E-state index < -0.39 is 42.5 Å². The summed E-state index contributed by atoms with van der Waals surface area (Å²) in [5.41, 5.74) is 9.01. The van der Waals surface area contributed by atoms with Crippen LogP contribution >= 0.6 is 0 Å². The lowest BCUT2D eigenvalue weighted by Crippen LogP contribution is -2.51. The molecule has 1 aromatic heterocycles. The molecule has 3 fully saturated rings. The van der Waals surface area contributed by atoms with Gasteiger partial charge in [0.05, 0.1) is 19.5 Å². The van der Waals surface area contributed by atoms with Gasteiger partial charge < -0.3 is 35.1 Å². The summed E-state index contributed by atoms with van der Waals surface area (Å²) in [6.07, 6.45) is 12.5. The van der Waals surface area contributed by atoms with Crippen LogP contribution in [-0.2, 0) is 35.0 Å². The van der Waals surface area contributed by atoms with Gasteiger partial charge in [0.2, 0.25) is 0 Å². The van der Waals surface area contributed by atoms with Gasteiger partial charge in [-0.05, 0) is 117 Å². The van der Waals surface area contributed by atoms with E-state index in [-0.39, 0.29) is 11.5 Å². The number of nitrogens with one attached hydrogen (secondary N) is 1. The second-order valence-electron chi connectivity index (χ2n) is 18.4. The molecule has 5 rings (SSSR count). The van der Waals surface area contributed by atoms with Crippen LogP contribution < -0.4 is 5.73 Å². The van der Waals surface area contributed by atoms with E-state index in [1.807, 2.05) is 0 Å². The predicted molar refractivity (Wildman–Crippen MR) is 216 cm³/mol. The highest BCUT2D eigenvalue weighted by molar-refractivity contribution is 5.75. The third-order valence-electron chi connectivity index (χ3n) is 13.8. The lowest BCUT2D eigenvalue weighted by molar-refractivity contribution is -0.193. The maximum absolute atomic E-state index is 12.6. The van der Waals surface area contributed by atoms with Crippen LogP contribution in [0.15, 0.2) is 24.2 Å². The zero-order valence-electron chi connectivity index (χ0n) is 36.6. The number of carboxylic acid groups (broad SMARTS) is 2. The van der Waals surface area contributed by atoms with Crippen LogP contribution in [0.1, 0.15) is 137 Å². The van der Waals surface area contributed by atoms with Crippen LogP contribution in [0.25, 0.3) is 0 Å². The number of aromatic amines is 1. The van der Waals surface area contributed by atoms with Gasteiger partial charge in [0.25, 0.3) is 0 Å². The number of carbonyl (C=O) groups excluding carboxylic acids is 2. The first-order chi connectivity index (χ1) is 28.9. The third kappa shape index (κ3) is 15.2. The summed E-state index contributed by atoms with van der Waals surface area (Å²) in [6, 6.07) is -0.698. The van der Waals surface area contributed by atoms with E-state index in [1.165, 1.54) is 56.9 Å².